The van der Waals surface area contributed by atoms with Crippen molar-refractivity contribution in [1.82, 2.24) is 4.98 Å². The monoisotopic (exact) mass is 308 g/mol. The number of nitrogens with one attached hydrogen (secondary N) is 1. The van der Waals surface area contributed by atoms with Gasteiger partial charge in [0.05, 0.1) is 11.6 Å². The van der Waals surface area contributed by atoms with E-state index in [0.717, 1.165) is 28.0 Å². The van der Waals surface area contributed by atoms with Crippen LogP contribution < -0.4 is 5.32 Å². The smallest absolute Gasteiger partial charge is 0.0737 e. The fourth-order valence-corrected chi connectivity index (χ4v) is 3.51. The van der Waals surface area contributed by atoms with E-state index in [4.69, 9.17) is 11.6 Å². The normalized spacial score (nSPS) is 17.2. The van der Waals surface area contributed by atoms with Crippen molar-refractivity contribution < 1.29 is 0 Å². The molecule has 1 unspecified atom stereocenters. The Hall–Kier alpha value is -2.06. The number of hydrogen-bond donors (Lipinski definition) is 1. The molecule has 2 nitrogen and oxygen atoms in total. The molecule has 1 aliphatic carbocycles. The largest absolute Gasteiger partial charge is 0.378 e. The van der Waals surface area contributed by atoms with Gasteiger partial charge in [-0.2, -0.15) is 0 Å². The average Bonchev–Trinajstić information content (AvgIpc) is 2.55. The Morgan fingerprint density at radius 1 is 1.09 bits per heavy atom. The van der Waals surface area contributed by atoms with Gasteiger partial charge >= 0.3 is 0 Å². The number of halogens is 1. The summed E-state index contributed by atoms with van der Waals surface area (Å²) in [5.41, 5.74) is 4.95. The Labute approximate surface area is 135 Å². The number of aryl methyl sites for hydroxylation is 1. The highest BCUT2D eigenvalue weighted by atomic mass is 35.5. The Morgan fingerprint density at radius 2 is 2.00 bits per heavy atom. The molecule has 1 heterocycles. The molecule has 3 aromatic rings. The highest BCUT2D eigenvalue weighted by molar-refractivity contribution is 6.31. The van der Waals surface area contributed by atoms with Crippen LogP contribution in [0.1, 0.15) is 30.0 Å². The fraction of sp³-hybridized carbons (Fsp3) is 0.211. The number of pyridine rings is 1. The average molecular weight is 309 g/mol. The number of nitrogens with zero attached hydrogens (tertiary/aromatic N) is 1. The molecule has 3 heteroatoms. The number of rotatable bonds is 2. The third-order valence-electron chi connectivity index (χ3n) is 4.40. The molecule has 0 amide bonds. The molecule has 0 aliphatic heterocycles. The van der Waals surface area contributed by atoms with Gasteiger partial charge < -0.3 is 5.32 Å². The first-order valence-electron chi connectivity index (χ1n) is 7.70. The van der Waals surface area contributed by atoms with Crippen LogP contribution in [0.5, 0.6) is 0 Å². The van der Waals surface area contributed by atoms with Crippen LogP contribution in [0, 0.1) is 0 Å². The first kappa shape index (κ1) is 13.6. The Balaban J connectivity index is 1.73. The summed E-state index contributed by atoms with van der Waals surface area (Å²) < 4.78 is 0. The van der Waals surface area contributed by atoms with Crippen LogP contribution in [0.3, 0.4) is 0 Å². The summed E-state index contributed by atoms with van der Waals surface area (Å²) in [5.74, 6) is 0. The van der Waals surface area contributed by atoms with E-state index in [1.165, 1.54) is 24.0 Å². The Kier molecular flexibility index (Phi) is 3.47. The quantitative estimate of drug-likeness (QED) is 0.687. The number of aromatic nitrogens is 1. The van der Waals surface area contributed by atoms with Gasteiger partial charge in [0.1, 0.15) is 0 Å². The van der Waals surface area contributed by atoms with E-state index < -0.39 is 0 Å². The third-order valence-corrected chi connectivity index (χ3v) is 4.64. The van der Waals surface area contributed by atoms with Crippen molar-refractivity contribution in [3.05, 3.63) is 70.9 Å². The van der Waals surface area contributed by atoms with E-state index >= 15 is 0 Å². The summed E-state index contributed by atoms with van der Waals surface area (Å²) in [7, 11) is 0. The second kappa shape index (κ2) is 5.62. The maximum Gasteiger partial charge on any atom is 0.0737 e. The second-order valence-electron chi connectivity index (χ2n) is 5.81. The lowest BCUT2D eigenvalue weighted by Gasteiger charge is -2.27. The minimum Gasteiger partial charge on any atom is -0.378 e. The van der Waals surface area contributed by atoms with Crippen molar-refractivity contribution in [1.29, 1.82) is 0 Å². The van der Waals surface area contributed by atoms with E-state index in [2.05, 4.69) is 34.6 Å². The molecule has 0 saturated heterocycles. The summed E-state index contributed by atoms with van der Waals surface area (Å²) in [5, 5.41) is 5.56. The van der Waals surface area contributed by atoms with Gasteiger partial charge in [-0.1, -0.05) is 35.9 Å². The van der Waals surface area contributed by atoms with Crippen LogP contribution >= 0.6 is 11.6 Å². The molecule has 0 radical (unpaired) electrons. The van der Waals surface area contributed by atoms with Gasteiger partial charge in [-0.25, -0.2) is 0 Å². The molecule has 1 aromatic heterocycles. The van der Waals surface area contributed by atoms with Gasteiger partial charge in [0.2, 0.25) is 0 Å². The van der Waals surface area contributed by atoms with Gasteiger partial charge in [-0.15, -0.1) is 0 Å². The summed E-state index contributed by atoms with van der Waals surface area (Å²) in [6, 6.07) is 17.0. The van der Waals surface area contributed by atoms with Crippen LogP contribution in [-0.2, 0) is 6.42 Å². The summed E-state index contributed by atoms with van der Waals surface area (Å²) in [4.78, 5) is 4.42. The third kappa shape index (κ3) is 2.44. The lowest BCUT2D eigenvalue weighted by Crippen LogP contribution is -2.17. The van der Waals surface area contributed by atoms with E-state index in [0.29, 0.717) is 6.04 Å². The Morgan fingerprint density at radius 3 is 2.95 bits per heavy atom. The van der Waals surface area contributed by atoms with Crippen LogP contribution in [0.4, 0.5) is 5.69 Å². The summed E-state index contributed by atoms with van der Waals surface area (Å²) in [6.07, 6.45) is 5.41. The minimum absolute atomic E-state index is 0.367. The van der Waals surface area contributed by atoms with Gasteiger partial charge in [-0.3, -0.25) is 4.98 Å². The topological polar surface area (TPSA) is 24.9 Å². The zero-order chi connectivity index (χ0) is 14.9. The molecule has 4 rings (SSSR count). The highest BCUT2D eigenvalue weighted by Gasteiger charge is 2.20. The van der Waals surface area contributed by atoms with Gasteiger partial charge in [0, 0.05) is 22.3 Å². The maximum atomic E-state index is 6.07. The van der Waals surface area contributed by atoms with Gasteiger partial charge in [-0.05, 0) is 54.7 Å². The molecule has 1 atom stereocenters. The zero-order valence-electron chi connectivity index (χ0n) is 12.2. The SMILES string of the molecule is Clc1ccc2c(NC3CCCc4ccccc43)ccnc2c1. The molecule has 0 saturated carbocycles. The van der Waals surface area contributed by atoms with E-state index in [9.17, 15) is 0 Å². The summed E-state index contributed by atoms with van der Waals surface area (Å²) >= 11 is 6.07. The molecular formula is C19H17ClN2. The van der Waals surface area contributed by atoms with Gasteiger partial charge in [0.25, 0.3) is 0 Å². The fourth-order valence-electron chi connectivity index (χ4n) is 3.34. The van der Waals surface area contributed by atoms with Crippen LogP contribution in [0.25, 0.3) is 10.9 Å². The van der Waals surface area contributed by atoms with E-state index in [-0.39, 0.29) is 0 Å². The van der Waals surface area contributed by atoms with Crippen molar-refractivity contribution in [2.75, 3.05) is 5.32 Å². The molecule has 1 aliphatic rings. The molecule has 0 spiro atoms. The van der Waals surface area contributed by atoms with Crippen molar-refractivity contribution in [2.24, 2.45) is 0 Å². The molecule has 0 bridgehead atoms. The number of anilines is 1. The Bertz CT molecular complexity index is 829. The lowest BCUT2D eigenvalue weighted by atomic mass is 9.87. The highest BCUT2D eigenvalue weighted by Crippen LogP contribution is 2.34. The first-order chi connectivity index (χ1) is 10.8. The van der Waals surface area contributed by atoms with Crippen molar-refractivity contribution in [2.45, 2.75) is 25.3 Å². The van der Waals surface area contributed by atoms with Crippen LogP contribution in [-0.4, -0.2) is 4.98 Å². The van der Waals surface area contributed by atoms with E-state index in [1.807, 2.05) is 30.5 Å². The van der Waals surface area contributed by atoms with E-state index in [1.54, 1.807) is 0 Å². The van der Waals surface area contributed by atoms with Crippen LogP contribution in [0.2, 0.25) is 5.02 Å². The van der Waals surface area contributed by atoms with Crippen LogP contribution in [0.15, 0.2) is 54.7 Å². The maximum absolute atomic E-state index is 6.07. The van der Waals surface area contributed by atoms with Gasteiger partial charge in [0.15, 0.2) is 0 Å². The van der Waals surface area contributed by atoms with Crippen molar-refractivity contribution in [3.63, 3.8) is 0 Å². The molecule has 1 N–H and O–H groups in total. The zero-order valence-corrected chi connectivity index (χ0v) is 13.0. The molecule has 2 aromatic carbocycles. The second-order valence-corrected chi connectivity index (χ2v) is 6.24. The predicted molar refractivity (Wildman–Crippen MR) is 92.5 cm³/mol. The van der Waals surface area contributed by atoms with Crippen molar-refractivity contribution in [3.8, 4) is 0 Å². The molecule has 110 valence electrons. The standard InChI is InChI=1S/C19H17ClN2/c20-14-8-9-16-18(10-11-21-19(16)12-14)22-17-7-3-5-13-4-1-2-6-15(13)17/h1-2,4,6,8-12,17H,3,5,7H2,(H,21,22). The lowest BCUT2D eigenvalue weighted by molar-refractivity contribution is 0.601. The first-order valence-corrected chi connectivity index (χ1v) is 8.08. The van der Waals surface area contributed by atoms with Crippen molar-refractivity contribution >= 4 is 28.2 Å². The molecule has 0 fully saturated rings. The molecular weight excluding hydrogens is 292 g/mol. The minimum atomic E-state index is 0.367. The number of hydrogen-bond acceptors (Lipinski definition) is 2. The predicted octanol–water partition coefficient (Wildman–Crippen LogP) is 5.38. The molecule has 22 heavy (non-hydrogen) atoms. The number of fused-ring (bicyclic) bond motifs is 2. The number of benzene rings is 2. The summed E-state index contributed by atoms with van der Waals surface area (Å²) in [6.45, 7) is 0.